The van der Waals surface area contributed by atoms with Crippen LogP contribution < -0.4 is 0 Å². The molecule has 1 aromatic heterocycles. The van der Waals surface area contributed by atoms with Crippen LogP contribution in [-0.2, 0) is 6.54 Å². The third kappa shape index (κ3) is 2.96. The van der Waals surface area contributed by atoms with Crippen molar-refractivity contribution in [3.8, 4) is 11.4 Å². The van der Waals surface area contributed by atoms with Crippen LogP contribution in [0.4, 0.5) is 0 Å². The van der Waals surface area contributed by atoms with Gasteiger partial charge in [-0.15, -0.1) is 0 Å². The highest BCUT2D eigenvalue weighted by Crippen LogP contribution is 2.25. The van der Waals surface area contributed by atoms with E-state index >= 15 is 0 Å². The molecule has 2 heterocycles. The van der Waals surface area contributed by atoms with E-state index in [1.54, 1.807) is 0 Å². The molecule has 19 heavy (non-hydrogen) atoms. The average molecular weight is 278 g/mol. The van der Waals surface area contributed by atoms with E-state index in [2.05, 4.69) is 15.0 Å². The standard InChI is InChI=1S/C14H16ClN3O/c15-12-7-3-2-6-11(12)14-16-13(19-17-14)10-18-8-4-1-5-9-18/h2-3,6-7H,1,4-5,8-10H2. The Labute approximate surface area is 117 Å². The average Bonchev–Trinajstić information content (AvgIpc) is 2.89. The Bertz CT molecular complexity index is 549. The monoisotopic (exact) mass is 277 g/mol. The number of halogens is 1. The van der Waals surface area contributed by atoms with Crippen LogP contribution in [0.5, 0.6) is 0 Å². The predicted octanol–water partition coefficient (Wildman–Crippen LogP) is 3.38. The smallest absolute Gasteiger partial charge is 0.241 e. The van der Waals surface area contributed by atoms with Crippen molar-refractivity contribution in [1.29, 1.82) is 0 Å². The van der Waals surface area contributed by atoms with Gasteiger partial charge in [0, 0.05) is 5.56 Å². The first kappa shape index (κ1) is 12.6. The van der Waals surface area contributed by atoms with E-state index in [9.17, 15) is 0 Å². The minimum Gasteiger partial charge on any atom is -0.338 e. The first-order chi connectivity index (χ1) is 9.33. The molecule has 1 aliphatic rings. The number of piperidine rings is 1. The molecule has 1 fully saturated rings. The first-order valence-corrected chi connectivity index (χ1v) is 7.00. The van der Waals surface area contributed by atoms with Crippen LogP contribution in [0, 0.1) is 0 Å². The Morgan fingerprint density at radius 3 is 2.74 bits per heavy atom. The second-order valence-electron chi connectivity index (χ2n) is 4.83. The molecule has 0 amide bonds. The van der Waals surface area contributed by atoms with Crippen molar-refractivity contribution in [3.63, 3.8) is 0 Å². The van der Waals surface area contributed by atoms with Crippen molar-refractivity contribution in [2.24, 2.45) is 0 Å². The van der Waals surface area contributed by atoms with E-state index in [0.717, 1.165) is 25.2 Å². The SMILES string of the molecule is Clc1ccccc1-c1noc(CN2CCCCC2)n1. The fourth-order valence-electron chi connectivity index (χ4n) is 2.38. The number of rotatable bonds is 3. The van der Waals surface area contributed by atoms with Gasteiger partial charge in [0.2, 0.25) is 11.7 Å². The van der Waals surface area contributed by atoms with Gasteiger partial charge in [-0.3, -0.25) is 4.90 Å². The quantitative estimate of drug-likeness (QED) is 0.863. The molecule has 0 radical (unpaired) electrons. The maximum atomic E-state index is 6.13. The van der Waals surface area contributed by atoms with Gasteiger partial charge in [-0.25, -0.2) is 0 Å². The van der Waals surface area contributed by atoms with Gasteiger partial charge in [-0.2, -0.15) is 4.98 Å². The zero-order valence-corrected chi connectivity index (χ0v) is 11.4. The van der Waals surface area contributed by atoms with Gasteiger partial charge in [-0.1, -0.05) is 35.3 Å². The highest BCUT2D eigenvalue weighted by atomic mass is 35.5. The summed E-state index contributed by atoms with van der Waals surface area (Å²) in [5.41, 5.74) is 0.817. The molecule has 3 rings (SSSR count). The Morgan fingerprint density at radius 2 is 1.95 bits per heavy atom. The van der Waals surface area contributed by atoms with Gasteiger partial charge in [0.25, 0.3) is 0 Å². The molecule has 100 valence electrons. The lowest BCUT2D eigenvalue weighted by molar-refractivity contribution is 0.193. The first-order valence-electron chi connectivity index (χ1n) is 6.63. The summed E-state index contributed by atoms with van der Waals surface area (Å²) >= 11 is 6.13. The van der Waals surface area contributed by atoms with Crippen LogP contribution in [0.25, 0.3) is 11.4 Å². The molecule has 2 aromatic rings. The van der Waals surface area contributed by atoms with Crippen molar-refractivity contribution in [3.05, 3.63) is 35.2 Å². The minimum absolute atomic E-state index is 0.567. The number of aromatic nitrogens is 2. The normalized spacial score (nSPS) is 16.7. The lowest BCUT2D eigenvalue weighted by Gasteiger charge is -2.24. The lowest BCUT2D eigenvalue weighted by Crippen LogP contribution is -2.29. The van der Waals surface area contributed by atoms with Gasteiger partial charge in [0.05, 0.1) is 11.6 Å². The van der Waals surface area contributed by atoms with Crippen molar-refractivity contribution in [1.82, 2.24) is 15.0 Å². The molecule has 0 aliphatic carbocycles. The molecule has 0 spiro atoms. The summed E-state index contributed by atoms with van der Waals surface area (Å²) in [5, 5.41) is 4.66. The van der Waals surface area contributed by atoms with Crippen LogP contribution >= 0.6 is 11.6 Å². The van der Waals surface area contributed by atoms with Crippen molar-refractivity contribution in [2.75, 3.05) is 13.1 Å². The second-order valence-corrected chi connectivity index (χ2v) is 5.24. The molecule has 1 aliphatic heterocycles. The Hall–Kier alpha value is -1.39. The third-order valence-corrected chi connectivity index (χ3v) is 3.72. The molecule has 5 heteroatoms. The molecule has 4 nitrogen and oxygen atoms in total. The highest BCUT2D eigenvalue weighted by Gasteiger charge is 2.16. The molecule has 1 aromatic carbocycles. The Kier molecular flexibility index (Phi) is 3.80. The van der Waals surface area contributed by atoms with Crippen molar-refractivity contribution < 1.29 is 4.52 Å². The summed E-state index contributed by atoms with van der Waals surface area (Å²) in [6.45, 7) is 2.96. The summed E-state index contributed by atoms with van der Waals surface area (Å²) in [6.07, 6.45) is 3.84. The van der Waals surface area contributed by atoms with Gasteiger partial charge in [-0.05, 0) is 38.1 Å². The Morgan fingerprint density at radius 1 is 1.16 bits per heavy atom. The molecule has 0 saturated carbocycles. The van der Waals surface area contributed by atoms with Crippen LogP contribution in [0.1, 0.15) is 25.2 Å². The number of likely N-dealkylation sites (tertiary alicyclic amines) is 1. The molecule has 0 unspecified atom stereocenters. The summed E-state index contributed by atoms with van der Waals surface area (Å²) in [6, 6.07) is 7.54. The van der Waals surface area contributed by atoms with Crippen molar-refractivity contribution >= 4 is 11.6 Å². The number of benzene rings is 1. The van der Waals surface area contributed by atoms with E-state index in [4.69, 9.17) is 16.1 Å². The van der Waals surface area contributed by atoms with Gasteiger partial charge in [0.1, 0.15) is 0 Å². The van der Waals surface area contributed by atoms with Gasteiger partial charge < -0.3 is 4.52 Å². The predicted molar refractivity (Wildman–Crippen MR) is 73.9 cm³/mol. The highest BCUT2D eigenvalue weighted by molar-refractivity contribution is 6.33. The van der Waals surface area contributed by atoms with Crippen molar-refractivity contribution in [2.45, 2.75) is 25.8 Å². The largest absolute Gasteiger partial charge is 0.338 e. The molecule has 1 saturated heterocycles. The molecule has 0 atom stereocenters. The fourth-order valence-corrected chi connectivity index (χ4v) is 2.60. The van der Waals surface area contributed by atoms with Crippen LogP contribution in [0.2, 0.25) is 5.02 Å². The molecule has 0 N–H and O–H groups in total. The Balaban J connectivity index is 1.74. The molecular weight excluding hydrogens is 262 g/mol. The van der Waals surface area contributed by atoms with Gasteiger partial charge >= 0.3 is 0 Å². The van der Waals surface area contributed by atoms with E-state index in [0.29, 0.717) is 16.7 Å². The molecule has 0 bridgehead atoms. The van der Waals surface area contributed by atoms with Crippen LogP contribution in [0.15, 0.2) is 28.8 Å². The minimum atomic E-state index is 0.567. The fraction of sp³-hybridized carbons (Fsp3) is 0.429. The number of nitrogens with zero attached hydrogens (tertiary/aromatic N) is 3. The second kappa shape index (κ2) is 5.72. The zero-order chi connectivity index (χ0) is 13.1. The summed E-state index contributed by atoms with van der Waals surface area (Å²) in [5.74, 6) is 1.23. The van der Waals surface area contributed by atoms with E-state index in [-0.39, 0.29) is 0 Å². The topological polar surface area (TPSA) is 42.2 Å². The summed E-state index contributed by atoms with van der Waals surface area (Å²) in [7, 11) is 0. The number of hydrogen-bond acceptors (Lipinski definition) is 4. The van der Waals surface area contributed by atoms with E-state index < -0.39 is 0 Å². The summed E-state index contributed by atoms with van der Waals surface area (Å²) < 4.78 is 5.32. The van der Waals surface area contributed by atoms with Crippen LogP contribution in [0.3, 0.4) is 0 Å². The van der Waals surface area contributed by atoms with E-state index in [1.807, 2.05) is 24.3 Å². The van der Waals surface area contributed by atoms with Gasteiger partial charge in [0.15, 0.2) is 0 Å². The maximum absolute atomic E-state index is 6.13. The summed E-state index contributed by atoms with van der Waals surface area (Å²) in [4.78, 5) is 6.79. The zero-order valence-electron chi connectivity index (χ0n) is 10.7. The third-order valence-electron chi connectivity index (χ3n) is 3.39. The lowest BCUT2D eigenvalue weighted by atomic mass is 10.1. The maximum Gasteiger partial charge on any atom is 0.241 e. The van der Waals surface area contributed by atoms with Crippen LogP contribution in [-0.4, -0.2) is 28.1 Å². The van der Waals surface area contributed by atoms with E-state index in [1.165, 1.54) is 19.3 Å². The number of hydrogen-bond donors (Lipinski definition) is 0. The molecular formula is C14H16ClN3O.